The fourth-order valence-corrected chi connectivity index (χ4v) is 3.38. The van der Waals surface area contributed by atoms with Gasteiger partial charge in [0.1, 0.15) is 5.01 Å². The van der Waals surface area contributed by atoms with Crippen LogP contribution in [-0.2, 0) is 6.42 Å². The van der Waals surface area contributed by atoms with E-state index >= 15 is 0 Å². The highest BCUT2D eigenvalue weighted by molar-refractivity contribution is 7.13. The van der Waals surface area contributed by atoms with Gasteiger partial charge in [-0.15, -0.1) is 11.3 Å². The minimum absolute atomic E-state index is 0.149. The summed E-state index contributed by atoms with van der Waals surface area (Å²) in [5, 5.41) is 5.94. The highest BCUT2D eigenvalue weighted by Crippen LogP contribution is 2.27. The number of rotatable bonds is 7. The van der Waals surface area contributed by atoms with Crippen molar-refractivity contribution < 1.29 is 14.3 Å². The molecular formula is C20H20N2O3S. The van der Waals surface area contributed by atoms with Gasteiger partial charge in [0.25, 0.3) is 5.91 Å². The minimum Gasteiger partial charge on any atom is -0.493 e. The van der Waals surface area contributed by atoms with Crippen molar-refractivity contribution in [2.45, 2.75) is 6.42 Å². The summed E-state index contributed by atoms with van der Waals surface area (Å²) in [5.74, 6) is 0.983. The molecule has 0 saturated heterocycles. The summed E-state index contributed by atoms with van der Waals surface area (Å²) in [6.45, 7) is 0.519. The first-order chi connectivity index (χ1) is 12.7. The normalized spacial score (nSPS) is 10.4. The Morgan fingerprint density at radius 3 is 2.58 bits per heavy atom. The van der Waals surface area contributed by atoms with Crippen molar-refractivity contribution in [1.82, 2.24) is 10.3 Å². The van der Waals surface area contributed by atoms with Crippen LogP contribution in [0.4, 0.5) is 0 Å². The second-order valence-electron chi connectivity index (χ2n) is 5.59. The predicted octanol–water partition coefficient (Wildman–Crippen LogP) is 3.80. The molecule has 0 aliphatic heterocycles. The third-order valence-corrected chi connectivity index (χ3v) is 4.83. The summed E-state index contributed by atoms with van der Waals surface area (Å²) >= 11 is 1.61. The first-order valence-electron chi connectivity index (χ1n) is 8.21. The van der Waals surface area contributed by atoms with Crippen molar-refractivity contribution in [1.29, 1.82) is 0 Å². The Balaban J connectivity index is 1.57. The van der Waals surface area contributed by atoms with Crippen LogP contribution in [0, 0.1) is 0 Å². The van der Waals surface area contributed by atoms with Crippen molar-refractivity contribution in [3.63, 3.8) is 0 Å². The molecule has 0 spiro atoms. The van der Waals surface area contributed by atoms with E-state index in [0.29, 0.717) is 30.0 Å². The number of carbonyl (C=O) groups is 1. The summed E-state index contributed by atoms with van der Waals surface area (Å²) in [6.07, 6.45) is 0.683. The fourth-order valence-electron chi connectivity index (χ4n) is 2.52. The van der Waals surface area contributed by atoms with E-state index in [4.69, 9.17) is 9.47 Å². The van der Waals surface area contributed by atoms with Crippen molar-refractivity contribution >= 4 is 17.2 Å². The molecule has 6 heteroatoms. The quantitative estimate of drug-likeness (QED) is 0.689. The van der Waals surface area contributed by atoms with Gasteiger partial charge in [-0.05, 0) is 18.2 Å². The van der Waals surface area contributed by atoms with Gasteiger partial charge in [0.15, 0.2) is 11.5 Å². The number of carbonyl (C=O) groups excluding carboxylic acids is 1. The van der Waals surface area contributed by atoms with Crippen LogP contribution >= 0.6 is 11.3 Å². The van der Waals surface area contributed by atoms with Crippen LogP contribution in [0.5, 0.6) is 11.5 Å². The Kier molecular flexibility index (Phi) is 5.86. The van der Waals surface area contributed by atoms with Gasteiger partial charge < -0.3 is 14.8 Å². The second kappa shape index (κ2) is 8.49. The number of nitrogens with one attached hydrogen (secondary N) is 1. The monoisotopic (exact) mass is 368 g/mol. The molecule has 3 aromatic rings. The van der Waals surface area contributed by atoms with E-state index in [2.05, 4.69) is 10.3 Å². The van der Waals surface area contributed by atoms with Crippen molar-refractivity contribution in [3.05, 3.63) is 65.2 Å². The van der Waals surface area contributed by atoms with Gasteiger partial charge >= 0.3 is 0 Å². The van der Waals surface area contributed by atoms with Crippen LogP contribution in [0.1, 0.15) is 16.1 Å². The van der Waals surface area contributed by atoms with Crippen LogP contribution < -0.4 is 14.8 Å². The summed E-state index contributed by atoms with van der Waals surface area (Å²) in [5.41, 5.74) is 2.62. The van der Waals surface area contributed by atoms with Gasteiger partial charge in [-0.25, -0.2) is 4.98 Å². The van der Waals surface area contributed by atoms with E-state index in [1.807, 2.05) is 35.7 Å². The largest absolute Gasteiger partial charge is 0.493 e. The number of hydrogen-bond acceptors (Lipinski definition) is 5. The zero-order valence-corrected chi connectivity index (χ0v) is 15.5. The number of methoxy groups -OCH3 is 2. The summed E-state index contributed by atoms with van der Waals surface area (Å²) < 4.78 is 10.4. The molecule has 26 heavy (non-hydrogen) atoms. The van der Waals surface area contributed by atoms with Gasteiger partial charge in [-0.1, -0.05) is 30.3 Å². The third kappa shape index (κ3) is 4.21. The molecule has 1 aromatic heterocycles. The molecule has 0 bridgehead atoms. The Bertz CT molecular complexity index is 878. The highest BCUT2D eigenvalue weighted by atomic mass is 32.1. The zero-order valence-electron chi connectivity index (χ0n) is 14.7. The SMILES string of the molecule is COc1ccc(C(=O)NCCc2csc(-c3ccccc3)n2)cc1OC. The van der Waals surface area contributed by atoms with Gasteiger partial charge in [0.05, 0.1) is 19.9 Å². The maximum absolute atomic E-state index is 12.3. The molecule has 2 aromatic carbocycles. The van der Waals surface area contributed by atoms with Gasteiger partial charge in [-0.3, -0.25) is 4.79 Å². The number of thiazole rings is 1. The molecule has 0 radical (unpaired) electrons. The van der Waals surface area contributed by atoms with Crippen molar-refractivity contribution in [2.24, 2.45) is 0 Å². The van der Waals surface area contributed by atoms with Crippen LogP contribution in [0.25, 0.3) is 10.6 Å². The van der Waals surface area contributed by atoms with E-state index in [1.54, 1.807) is 43.8 Å². The lowest BCUT2D eigenvalue weighted by Crippen LogP contribution is -2.25. The molecule has 1 amide bonds. The number of benzene rings is 2. The maximum Gasteiger partial charge on any atom is 0.251 e. The lowest BCUT2D eigenvalue weighted by Gasteiger charge is -2.09. The predicted molar refractivity (Wildman–Crippen MR) is 103 cm³/mol. The Labute approximate surface area is 156 Å². The molecule has 0 fully saturated rings. The van der Waals surface area contributed by atoms with E-state index in [-0.39, 0.29) is 5.91 Å². The number of amides is 1. The lowest BCUT2D eigenvalue weighted by atomic mass is 10.2. The molecule has 5 nitrogen and oxygen atoms in total. The van der Waals surface area contributed by atoms with Gasteiger partial charge in [0, 0.05) is 29.5 Å². The molecule has 0 aliphatic carbocycles. The number of ether oxygens (including phenoxy) is 2. The van der Waals surface area contributed by atoms with Crippen LogP contribution in [0.2, 0.25) is 0 Å². The first-order valence-corrected chi connectivity index (χ1v) is 9.09. The average Bonchev–Trinajstić information content (AvgIpc) is 3.17. The lowest BCUT2D eigenvalue weighted by molar-refractivity contribution is 0.0953. The van der Waals surface area contributed by atoms with Crippen LogP contribution in [-0.4, -0.2) is 31.7 Å². The Morgan fingerprint density at radius 1 is 1.08 bits per heavy atom. The summed E-state index contributed by atoms with van der Waals surface area (Å²) in [4.78, 5) is 16.9. The average molecular weight is 368 g/mol. The van der Waals surface area contributed by atoms with Gasteiger partial charge in [0.2, 0.25) is 0 Å². The maximum atomic E-state index is 12.3. The molecule has 1 N–H and O–H groups in total. The second-order valence-corrected chi connectivity index (χ2v) is 6.44. The van der Waals surface area contributed by atoms with Crippen LogP contribution in [0.3, 0.4) is 0 Å². The summed E-state index contributed by atoms with van der Waals surface area (Å²) in [6, 6.07) is 15.2. The highest BCUT2D eigenvalue weighted by Gasteiger charge is 2.11. The van der Waals surface area contributed by atoms with E-state index in [9.17, 15) is 4.79 Å². The molecule has 0 unspecified atom stereocenters. The Morgan fingerprint density at radius 2 is 1.85 bits per heavy atom. The van der Waals surface area contributed by atoms with E-state index < -0.39 is 0 Å². The third-order valence-electron chi connectivity index (χ3n) is 3.88. The molecule has 0 aliphatic rings. The van der Waals surface area contributed by atoms with E-state index in [0.717, 1.165) is 16.3 Å². The van der Waals surface area contributed by atoms with Crippen molar-refractivity contribution in [2.75, 3.05) is 20.8 Å². The van der Waals surface area contributed by atoms with Crippen molar-refractivity contribution in [3.8, 4) is 22.1 Å². The molecule has 3 rings (SSSR count). The van der Waals surface area contributed by atoms with E-state index in [1.165, 1.54) is 0 Å². The molecule has 0 atom stereocenters. The molecule has 134 valence electrons. The summed E-state index contributed by atoms with van der Waals surface area (Å²) in [7, 11) is 3.11. The zero-order chi connectivity index (χ0) is 18.4. The smallest absolute Gasteiger partial charge is 0.251 e. The molecule has 0 saturated carbocycles. The number of nitrogens with zero attached hydrogens (tertiary/aromatic N) is 1. The molecule has 1 heterocycles. The minimum atomic E-state index is -0.149. The fraction of sp³-hybridized carbons (Fsp3) is 0.200. The van der Waals surface area contributed by atoms with Crippen LogP contribution in [0.15, 0.2) is 53.9 Å². The standard InChI is InChI=1S/C20H20N2O3S/c1-24-17-9-8-15(12-18(17)25-2)19(23)21-11-10-16-13-26-20(22-16)14-6-4-3-5-7-14/h3-9,12-13H,10-11H2,1-2H3,(H,21,23). The Hall–Kier alpha value is -2.86. The van der Waals surface area contributed by atoms with Gasteiger partial charge in [-0.2, -0.15) is 0 Å². The first kappa shape index (κ1) is 17.9. The number of aromatic nitrogens is 1. The molecular weight excluding hydrogens is 348 g/mol. The topological polar surface area (TPSA) is 60.5 Å². The number of hydrogen-bond donors (Lipinski definition) is 1.